The molecule has 3 aliphatic rings. The normalized spacial score (nSPS) is 24.4. The van der Waals surface area contributed by atoms with Gasteiger partial charge in [0, 0.05) is 16.0 Å². The number of aromatic nitrogens is 4. The molecule has 5 rings (SSSR count). The molecule has 1 fully saturated rings. The van der Waals surface area contributed by atoms with Crippen molar-refractivity contribution in [2.75, 3.05) is 11.5 Å². The van der Waals surface area contributed by atoms with E-state index in [2.05, 4.69) is 20.4 Å². The van der Waals surface area contributed by atoms with Crippen LogP contribution in [0.15, 0.2) is 33.8 Å². The fraction of sp³-hybridized carbons (Fsp3) is 0.353. The number of fused-ring (bicyclic) bond motifs is 2. The van der Waals surface area contributed by atoms with Crippen molar-refractivity contribution < 1.29 is 29.4 Å². The molecule has 2 aromatic heterocycles. The lowest BCUT2D eigenvalue weighted by atomic mass is 10.0. The number of nitrogens with zero attached hydrogens (tertiary/aromatic N) is 6. The molecule has 2 atom stereocenters. The van der Waals surface area contributed by atoms with E-state index in [-0.39, 0.29) is 27.5 Å². The molecule has 0 spiro atoms. The smallest absolute Gasteiger partial charge is 0.353 e. The van der Waals surface area contributed by atoms with Crippen LogP contribution in [0.4, 0.5) is 5.13 Å². The van der Waals surface area contributed by atoms with Crippen molar-refractivity contribution in [2.24, 2.45) is 5.16 Å². The van der Waals surface area contributed by atoms with Crippen molar-refractivity contribution in [1.29, 1.82) is 0 Å². The number of hydrogen-bond donors (Lipinski definition) is 4. The van der Waals surface area contributed by atoms with Crippen LogP contribution in [0.2, 0.25) is 0 Å². The summed E-state index contributed by atoms with van der Waals surface area (Å²) >= 11 is 3.89. The lowest BCUT2D eigenvalue weighted by Gasteiger charge is -2.49. The molecule has 0 aliphatic carbocycles. The van der Waals surface area contributed by atoms with Crippen molar-refractivity contribution >= 4 is 63.5 Å². The summed E-state index contributed by atoms with van der Waals surface area (Å²) in [5, 5.41) is 25.8. The Balaban J connectivity index is 1.30. The fourth-order valence-corrected chi connectivity index (χ4v) is 7.24. The third kappa shape index (κ3) is 3.72. The van der Waals surface area contributed by atoms with Gasteiger partial charge in [-0.05, 0) is 4.98 Å². The molecule has 13 nitrogen and oxygen atoms in total. The standard InChI is InChI=1S/C17H16N8O5S3/c18-17-20-8(3-32-17)10(22-30)13(26)21-11-14(27)25-12(16(28)29)9(4-31-15(11)25)33-7-1-23-5-19-6-24(23)2-7/h3,5-7,11,15H,1-2,4H2,(H4-,18,20,21,26,28,29,30)/p+1/t11-,15-/m1/s1. The molecule has 3 aliphatic heterocycles. The summed E-state index contributed by atoms with van der Waals surface area (Å²) in [4.78, 5) is 47.3. The molecule has 1 saturated heterocycles. The number of carboxylic acids is 1. The number of rotatable bonds is 6. The lowest BCUT2D eigenvalue weighted by molar-refractivity contribution is -0.758. The van der Waals surface area contributed by atoms with Gasteiger partial charge in [0.05, 0.1) is 11.8 Å². The molecule has 0 bridgehead atoms. The molecule has 172 valence electrons. The Kier molecular flexibility index (Phi) is 5.49. The Morgan fingerprint density at radius 2 is 2.24 bits per heavy atom. The first kappa shape index (κ1) is 21.7. The van der Waals surface area contributed by atoms with Gasteiger partial charge in [-0.2, -0.15) is 9.36 Å². The zero-order valence-electron chi connectivity index (χ0n) is 16.7. The van der Waals surface area contributed by atoms with E-state index in [4.69, 9.17) is 5.73 Å². The molecule has 16 heteroatoms. The van der Waals surface area contributed by atoms with Crippen molar-refractivity contribution in [3.8, 4) is 0 Å². The van der Waals surface area contributed by atoms with Gasteiger partial charge in [-0.1, -0.05) is 5.16 Å². The average Bonchev–Trinajstić information content (AvgIpc) is 3.49. The van der Waals surface area contributed by atoms with Crippen molar-refractivity contribution in [1.82, 2.24) is 24.9 Å². The lowest BCUT2D eigenvalue weighted by Crippen LogP contribution is -2.71. The van der Waals surface area contributed by atoms with Gasteiger partial charge in [0.1, 0.15) is 29.4 Å². The maximum absolute atomic E-state index is 12.9. The van der Waals surface area contributed by atoms with Crippen LogP contribution in [0.3, 0.4) is 0 Å². The van der Waals surface area contributed by atoms with Gasteiger partial charge in [0.15, 0.2) is 10.8 Å². The SMILES string of the molecule is Nc1nc(/C(=N/O)C(=O)N[C@@H]2C(=O)N3C(C(=O)O)=C(SC4Cn5cnc[n+]5C4)CS[C@H]23)cs1. The first-order valence-corrected chi connectivity index (χ1v) is 12.4. The second-order valence-electron chi connectivity index (χ2n) is 7.32. The van der Waals surface area contributed by atoms with Crippen LogP contribution in [-0.2, 0) is 27.5 Å². The first-order valence-electron chi connectivity index (χ1n) is 9.59. The van der Waals surface area contributed by atoms with Crippen LogP contribution < -0.4 is 15.7 Å². The minimum Gasteiger partial charge on any atom is -0.477 e. The Labute approximate surface area is 198 Å². The zero-order valence-corrected chi connectivity index (χ0v) is 19.1. The molecule has 2 amide bonds. The molecule has 0 saturated carbocycles. The summed E-state index contributed by atoms with van der Waals surface area (Å²) in [5.74, 6) is -2.14. The highest BCUT2D eigenvalue weighted by Gasteiger charge is 2.55. The number of amides is 2. The van der Waals surface area contributed by atoms with Gasteiger partial charge in [-0.25, -0.2) is 9.78 Å². The quantitative estimate of drug-likeness (QED) is 0.123. The summed E-state index contributed by atoms with van der Waals surface area (Å²) < 4.78 is 3.90. The second kappa shape index (κ2) is 8.35. The van der Waals surface area contributed by atoms with Gasteiger partial charge in [0.25, 0.3) is 11.8 Å². The summed E-state index contributed by atoms with van der Waals surface area (Å²) in [6.45, 7) is 1.37. The number of thioether (sulfide) groups is 2. The highest BCUT2D eigenvalue weighted by atomic mass is 32.2. The monoisotopic (exact) mass is 509 g/mol. The number of carbonyl (C=O) groups is 3. The second-order valence-corrected chi connectivity index (χ2v) is 10.7. The summed E-state index contributed by atoms with van der Waals surface area (Å²) in [6, 6.07) is -0.954. The molecule has 2 aromatic rings. The van der Waals surface area contributed by atoms with Crippen LogP contribution in [0.25, 0.3) is 0 Å². The Bertz CT molecular complexity index is 1200. The van der Waals surface area contributed by atoms with Gasteiger partial charge >= 0.3 is 12.3 Å². The number of thiazole rings is 1. The van der Waals surface area contributed by atoms with E-state index < -0.39 is 29.2 Å². The molecule has 5 N–H and O–H groups in total. The number of β-lactam (4-membered cyclic amide) rings is 1. The largest absolute Gasteiger partial charge is 0.477 e. The Morgan fingerprint density at radius 3 is 2.91 bits per heavy atom. The number of carboxylic acid groups (broad SMARTS) is 1. The van der Waals surface area contributed by atoms with Gasteiger partial charge in [-0.15, -0.1) is 34.9 Å². The summed E-state index contributed by atoms with van der Waals surface area (Å²) in [7, 11) is 0. The predicted molar refractivity (Wildman–Crippen MR) is 118 cm³/mol. The van der Waals surface area contributed by atoms with Crippen LogP contribution in [0, 0.1) is 0 Å². The number of oxime groups is 1. The Morgan fingerprint density at radius 1 is 1.42 bits per heavy atom. The van der Waals surface area contributed by atoms with E-state index in [0.717, 1.165) is 11.3 Å². The predicted octanol–water partition coefficient (Wildman–Crippen LogP) is -1.10. The van der Waals surface area contributed by atoms with E-state index in [1.807, 2.05) is 9.36 Å². The maximum Gasteiger partial charge on any atom is 0.353 e. The highest BCUT2D eigenvalue weighted by molar-refractivity contribution is 8.06. The third-order valence-corrected chi connectivity index (χ3v) is 8.71. The molecule has 0 unspecified atom stereocenters. The number of nitrogens with two attached hydrogens (primary N) is 1. The first-order chi connectivity index (χ1) is 15.9. The minimum atomic E-state index is -1.19. The van der Waals surface area contributed by atoms with Crippen LogP contribution in [0.5, 0.6) is 0 Å². The molecule has 0 radical (unpaired) electrons. The Hall–Kier alpha value is -3.11. The molecule has 33 heavy (non-hydrogen) atoms. The van der Waals surface area contributed by atoms with Gasteiger partial charge < -0.3 is 21.4 Å². The topological polar surface area (TPSA) is 180 Å². The number of carbonyl (C=O) groups excluding carboxylic acids is 2. The van der Waals surface area contributed by atoms with Gasteiger partial charge in [-0.3, -0.25) is 14.5 Å². The maximum atomic E-state index is 12.9. The molecule has 5 heterocycles. The number of anilines is 1. The van der Waals surface area contributed by atoms with E-state index >= 15 is 0 Å². The van der Waals surface area contributed by atoms with Crippen molar-refractivity contribution in [3.05, 3.63) is 34.3 Å². The molecular formula is C17H17N8O5S3+. The number of nitrogen functional groups attached to an aromatic ring is 1. The van der Waals surface area contributed by atoms with Crippen molar-refractivity contribution in [3.63, 3.8) is 0 Å². The van der Waals surface area contributed by atoms with E-state index in [1.165, 1.54) is 33.8 Å². The minimum absolute atomic E-state index is 0.0534. The van der Waals surface area contributed by atoms with Gasteiger partial charge in [0.2, 0.25) is 6.33 Å². The van der Waals surface area contributed by atoms with Crippen LogP contribution >= 0.6 is 34.9 Å². The summed E-state index contributed by atoms with van der Waals surface area (Å²) in [5.41, 5.74) is 5.21. The molecule has 0 aromatic carbocycles. The van der Waals surface area contributed by atoms with Crippen LogP contribution in [-0.4, -0.2) is 75.8 Å². The highest BCUT2D eigenvalue weighted by Crippen LogP contribution is 2.44. The average molecular weight is 510 g/mol. The van der Waals surface area contributed by atoms with E-state index in [0.29, 0.717) is 23.7 Å². The summed E-state index contributed by atoms with van der Waals surface area (Å²) in [6.07, 6.45) is 3.43. The van der Waals surface area contributed by atoms with E-state index in [1.54, 1.807) is 12.7 Å². The number of hydrogen-bond acceptors (Lipinski definition) is 11. The van der Waals surface area contributed by atoms with Crippen molar-refractivity contribution in [2.45, 2.75) is 29.8 Å². The number of nitrogens with one attached hydrogen (secondary N) is 1. The zero-order chi connectivity index (χ0) is 23.3. The van der Waals surface area contributed by atoms with E-state index in [9.17, 15) is 24.7 Å². The third-order valence-electron chi connectivity index (χ3n) is 5.32. The number of aliphatic carboxylic acids is 1. The fourth-order valence-electron chi connectivity index (χ4n) is 3.87. The molecular weight excluding hydrogens is 492 g/mol. The van der Waals surface area contributed by atoms with Crippen LogP contribution in [0.1, 0.15) is 5.69 Å².